The van der Waals surface area contributed by atoms with Gasteiger partial charge in [-0.2, -0.15) is 0 Å². The smallest absolute Gasteiger partial charge is 0.0274 e. The molecule has 17 heavy (non-hydrogen) atoms. The first-order chi connectivity index (χ1) is 8.04. The molecule has 2 aliphatic rings. The molecular formula is C15H30N2. The van der Waals surface area contributed by atoms with Crippen molar-refractivity contribution in [2.75, 3.05) is 20.1 Å². The Hall–Kier alpha value is -0.0800. The van der Waals surface area contributed by atoms with Gasteiger partial charge in [0.25, 0.3) is 0 Å². The van der Waals surface area contributed by atoms with Crippen molar-refractivity contribution in [1.29, 1.82) is 0 Å². The van der Waals surface area contributed by atoms with Gasteiger partial charge in [-0.25, -0.2) is 0 Å². The molecule has 2 rings (SSSR count). The summed E-state index contributed by atoms with van der Waals surface area (Å²) in [7, 11) is 2.34. The van der Waals surface area contributed by atoms with Gasteiger partial charge in [0.15, 0.2) is 0 Å². The van der Waals surface area contributed by atoms with Crippen LogP contribution >= 0.6 is 0 Å². The van der Waals surface area contributed by atoms with E-state index in [4.69, 9.17) is 0 Å². The summed E-state index contributed by atoms with van der Waals surface area (Å²) in [4.78, 5) is 2.64. The summed E-state index contributed by atoms with van der Waals surface area (Å²) in [5.74, 6) is 1.01. The summed E-state index contributed by atoms with van der Waals surface area (Å²) in [5, 5.41) is 3.76. The Bertz CT molecular complexity index is 245. The van der Waals surface area contributed by atoms with Gasteiger partial charge in [-0.15, -0.1) is 0 Å². The first-order valence-corrected chi connectivity index (χ1v) is 7.48. The number of likely N-dealkylation sites (N-methyl/N-ethyl adjacent to an activating group) is 2. The molecule has 100 valence electrons. The third-order valence-electron chi connectivity index (χ3n) is 4.78. The van der Waals surface area contributed by atoms with E-state index in [0.717, 1.165) is 18.5 Å². The van der Waals surface area contributed by atoms with Crippen molar-refractivity contribution in [1.82, 2.24) is 10.2 Å². The highest BCUT2D eigenvalue weighted by molar-refractivity contribution is 4.98. The zero-order valence-electron chi connectivity index (χ0n) is 12.1. The van der Waals surface area contributed by atoms with Gasteiger partial charge in [-0.1, -0.05) is 27.2 Å². The van der Waals surface area contributed by atoms with E-state index in [9.17, 15) is 0 Å². The van der Waals surface area contributed by atoms with Crippen molar-refractivity contribution in [3.05, 3.63) is 0 Å². The predicted octanol–water partition coefficient (Wildman–Crippen LogP) is 2.89. The highest BCUT2D eigenvalue weighted by Gasteiger charge is 2.40. The minimum absolute atomic E-state index is 0.455. The largest absolute Gasteiger partial charge is 0.312 e. The minimum Gasteiger partial charge on any atom is -0.312 e. The molecule has 2 nitrogen and oxygen atoms in total. The van der Waals surface area contributed by atoms with Gasteiger partial charge < -0.3 is 10.2 Å². The summed E-state index contributed by atoms with van der Waals surface area (Å²) < 4.78 is 0. The fourth-order valence-corrected chi connectivity index (χ4v) is 3.56. The molecular weight excluding hydrogens is 208 g/mol. The summed E-state index contributed by atoms with van der Waals surface area (Å²) in [6.45, 7) is 9.54. The van der Waals surface area contributed by atoms with Crippen LogP contribution in [0.4, 0.5) is 0 Å². The van der Waals surface area contributed by atoms with Crippen LogP contribution in [0.3, 0.4) is 0 Å². The second kappa shape index (κ2) is 5.27. The Morgan fingerprint density at radius 2 is 1.94 bits per heavy atom. The zero-order chi connectivity index (χ0) is 12.5. The fourth-order valence-electron chi connectivity index (χ4n) is 3.56. The van der Waals surface area contributed by atoms with Gasteiger partial charge in [-0.05, 0) is 50.6 Å². The fraction of sp³-hybridized carbons (Fsp3) is 1.00. The second-order valence-corrected chi connectivity index (χ2v) is 6.87. The van der Waals surface area contributed by atoms with Gasteiger partial charge in [0.05, 0.1) is 0 Å². The molecule has 2 unspecified atom stereocenters. The van der Waals surface area contributed by atoms with E-state index in [0.29, 0.717) is 11.5 Å². The molecule has 0 heterocycles. The van der Waals surface area contributed by atoms with Crippen molar-refractivity contribution >= 4 is 0 Å². The van der Waals surface area contributed by atoms with Gasteiger partial charge >= 0.3 is 0 Å². The lowest BCUT2D eigenvalue weighted by Crippen LogP contribution is -2.58. The van der Waals surface area contributed by atoms with Crippen LogP contribution in [0.1, 0.15) is 52.9 Å². The summed E-state index contributed by atoms with van der Waals surface area (Å²) >= 11 is 0. The van der Waals surface area contributed by atoms with Crippen molar-refractivity contribution in [2.24, 2.45) is 11.3 Å². The van der Waals surface area contributed by atoms with Crippen LogP contribution in [0, 0.1) is 11.3 Å². The molecule has 1 N–H and O–H groups in total. The molecule has 2 heteroatoms. The molecule has 0 aromatic rings. The van der Waals surface area contributed by atoms with Crippen LogP contribution in [0.5, 0.6) is 0 Å². The predicted molar refractivity (Wildman–Crippen MR) is 74.2 cm³/mol. The van der Waals surface area contributed by atoms with E-state index in [1.54, 1.807) is 0 Å². The molecule has 0 radical (unpaired) electrons. The molecule has 2 fully saturated rings. The standard InChI is InChI=1S/C15H30N2/c1-5-16-14-13(7-6-10-15(14,2)3)17(4)11-12-8-9-12/h12-14,16H,5-11H2,1-4H3. The molecule has 2 saturated carbocycles. The zero-order valence-corrected chi connectivity index (χ0v) is 12.1. The lowest BCUT2D eigenvalue weighted by atomic mass is 9.70. The SMILES string of the molecule is CCNC1C(N(C)CC2CC2)CCCC1(C)C. The Balaban J connectivity index is 2.00. The van der Waals surface area contributed by atoms with E-state index in [1.807, 2.05) is 0 Å². The van der Waals surface area contributed by atoms with Crippen LogP contribution in [0.15, 0.2) is 0 Å². The quantitative estimate of drug-likeness (QED) is 0.792. The number of nitrogens with one attached hydrogen (secondary N) is 1. The number of nitrogens with zero attached hydrogens (tertiary/aromatic N) is 1. The number of hydrogen-bond donors (Lipinski definition) is 1. The Kier molecular flexibility index (Phi) is 4.14. The maximum absolute atomic E-state index is 3.76. The van der Waals surface area contributed by atoms with E-state index in [-0.39, 0.29) is 0 Å². The molecule has 0 saturated heterocycles. The van der Waals surface area contributed by atoms with Crippen LogP contribution in [-0.2, 0) is 0 Å². The summed E-state index contributed by atoms with van der Waals surface area (Å²) in [6.07, 6.45) is 7.08. The molecule has 0 bridgehead atoms. The molecule has 0 spiro atoms. The van der Waals surface area contributed by atoms with Crippen LogP contribution in [0.2, 0.25) is 0 Å². The van der Waals surface area contributed by atoms with Crippen molar-refractivity contribution in [3.63, 3.8) is 0 Å². The van der Waals surface area contributed by atoms with E-state index in [1.165, 1.54) is 38.6 Å². The topological polar surface area (TPSA) is 15.3 Å². The third kappa shape index (κ3) is 3.23. The maximum Gasteiger partial charge on any atom is 0.0274 e. The van der Waals surface area contributed by atoms with E-state index < -0.39 is 0 Å². The normalized spacial score (nSPS) is 33.0. The van der Waals surface area contributed by atoms with Gasteiger partial charge in [0.2, 0.25) is 0 Å². The monoisotopic (exact) mass is 238 g/mol. The molecule has 2 atom stereocenters. The number of rotatable bonds is 5. The molecule has 0 aromatic carbocycles. The Morgan fingerprint density at radius 3 is 2.53 bits per heavy atom. The van der Waals surface area contributed by atoms with E-state index in [2.05, 4.69) is 38.0 Å². The van der Waals surface area contributed by atoms with Gasteiger partial charge in [0.1, 0.15) is 0 Å². The van der Waals surface area contributed by atoms with Crippen molar-refractivity contribution in [3.8, 4) is 0 Å². The highest BCUT2D eigenvalue weighted by atomic mass is 15.2. The third-order valence-corrected chi connectivity index (χ3v) is 4.78. The van der Waals surface area contributed by atoms with Crippen LogP contribution in [0.25, 0.3) is 0 Å². The molecule has 2 aliphatic carbocycles. The van der Waals surface area contributed by atoms with E-state index >= 15 is 0 Å². The minimum atomic E-state index is 0.455. The molecule has 0 aromatic heterocycles. The average molecular weight is 238 g/mol. The average Bonchev–Trinajstić information content (AvgIpc) is 3.04. The van der Waals surface area contributed by atoms with Gasteiger partial charge in [0, 0.05) is 18.6 Å². The molecule has 0 aliphatic heterocycles. The lowest BCUT2D eigenvalue weighted by Gasteiger charge is -2.48. The number of hydrogen-bond acceptors (Lipinski definition) is 2. The van der Waals surface area contributed by atoms with Gasteiger partial charge in [-0.3, -0.25) is 0 Å². The maximum atomic E-state index is 3.76. The highest BCUT2D eigenvalue weighted by Crippen LogP contribution is 2.39. The summed E-state index contributed by atoms with van der Waals surface area (Å²) in [5.41, 5.74) is 0.455. The van der Waals surface area contributed by atoms with Crippen LogP contribution in [-0.4, -0.2) is 37.1 Å². The molecule has 0 amide bonds. The lowest BCUT2D eigenvalue weighted by molar-refractivity contribution is 0.0614. The van der Waals surface area contributed by atoms with Crippen molar-refractivity contribution < 1.29 is 0 Å². The second-order valence-electron chi connectivity index (χ2n) is 6.87. The Morgan fingerprint density at radius 1 is 1.24 bits per heavy atom. The van der Waals surface area contributed by atoms with Crippen LogP contribution < -0.4 is 5.32 Å². The van der Waals surface area contributed by atoms with Crippen molar-refractivity contribution in [2.45, 2.75) is 65.0 Å². The summed E-state index contributed by atoms with van der Waals surface area (Å²) in [6, 6.07) is 1.42. The first kappa shape index (κ1) is 13.4. The Labute approximate surface area is 107 Å². The first-order valence-electron chi connectivity index (χ1n) is 7.48.